The minimum Gasteiger partial charge on any atom is -0.369 e. The van der Waals surface area contributed by atoms with E-state index in [1.54, 1.807) is 0 Å². The average Bonchev–Trinajstić information content (AvgIpc) is 2.43. The van der Waals surface area contributed by atoms with E-state index < -0.39 is 11.6 Å². The first-order valence-corrected chi connectivity index (χ1v) is 6.17. The standard InChI is InChI=1S/C15H13F2N3/c1-3-19-15-10(8-18)4-5-14(20-15)11-7-12(16)9(2)6-13(11)17/h4-7H,3H2,1-2H3,(H,19,20). The normalized spacial score (nSPS) is 10.2. The third kappa shape index (κ3) is 2.59. The van der Waals surface area contributed by atoms with Gasteiger partial charge in [-0.1, -0.05) is 0 Å². The molecule has 3 nitrogen and oxygen atoms in total. The summed E-state index contributed by atoms with van der Waals surface area (Å²) in [6.07, 6.45) is 0. The molecule has 0 radical (unpaired) electrons. The monoisotopic (exact) mass is 273 g/mol. The van der Waals surface area contributed by atoms with E-state index in [2.05, 4.69) is 10.3 Å². The number of pyridine rings is 1. The molecule has 20 heavy (non-hydrogen) atoms. The minimum atomic E-state index is -0.538. The molecule has 1 aromatic carbocycles. The SMILES string of the molecule is CCNc1nc(-c2cc(F)c(C)cc2F)ccc1C#N. The molecule has 5 heteroatoms. The Morgan fingerprint density at radius 3 is 2.65 bits per heavy atom. The van der Waals surface area contributed by atoms with Crippen LogP contribution < -0.4 is 5.32 Å². The quantitative estimate of drug-likeness (QED) is 0.928. The number of nitrogens with one attached hydrogen (secondary N) is 1. The highest BCUT2D eigenvalue weighted by Crippen LogP contribution is 2.26. The zero-order valence-corrected chi connectivity index (χ0v) is 11.2. The molecular formula is C15H13F2N3. The maximum Gasteiger partial charge on any atom is 0.144 e. The summed E-state index contributed by atoms with van der Waals surface area (Å²) in [5, 5.41) is 11.9. The molecule has 0 bridgehead atoms. The molecule has 2 aromatic rings. The molecule has 0 unspecified atom stereocenters. The topological polar surface area (TPSA) is 48.7 Å². The summed E-state index contributed by atoms with van der Waals surface area (Å²) in [6.45, 7) is 3.94. The van der Waals surface area contributed by atoms with Gasteiger partial charge in [0.15, 0.2) is 0 Å². The van der Waals surface area contributed by atoms with Crippen LogP contribution in [0.3, 0.4) is 0 Å². The summed E-state index contributed by atoms with van der Waals surface area (Å²) in [5.41, 5.74) is 0.975. The van der Waals surface area contributed by atoms with Crippen LogP contribution in [0.1, 0.15) is 18.1 Å². The van der Waals surface area contributed by atoms with Crippen LogP contribution in [0.25, 0.3) is 11.3 Å². The maximum absolute atomic E-state index is 13.9. The Hall–Kier alpha value is -2.48. The van der Waals surface area contributed by atoms with Crippen molar-refractivity contribution < 1.29 is 8.78 Å². The molecule has 2 rings (SSSR count). The van der Waals surface area contributed by atoms with E-state index >= 15 is 0 Å². The number of nitrogens with zero attached hydrogens (tertiary/aromatic N) is 2. The maximum atomic E-state index is 13.9. The van der Waals surface area contributed by atoms with Gasteiger partial charge in [0.05, 0.1) is 11.3 Å². The summed E-state index contributed by atoms with van der Waals surface area (Å²) in [6, 6.07) is 7.30. The Morgan fingerprint density at radius 1 is 1.25 bits per heavy atom. The zero-order valence-electron chi connectivity index (χ0n) is 11.2. The first-order chi connectivity index (χ1) is 9.56. The second kappa shape index (κ2) is 5.66. The van der Waals surface area contributed by atoms with Crippen LogP contribution in [0.5, 0.6) is 0 Å². The molecule has 1 heterocycles. The number of hydrogen-bond donors (Lipinski definition) is 1. The number of nitriles is 1. The summed E-state index contributed by atoms with van der Waals surface area (Å²) in [7, 11) is 0. The Labute approximate surface area is 115 Å². The lowest BCUT2D eigenvalue weighted by atomic mass is 10.1. The smallest absolute Gasteiger partial charge is 0.144 e. The molecule has 1 N–H and O–H groups in total. The van der Waals surface area contributed by atoms with Gasteiger partial charge in [-0.15, -0.1) is 0 Å². The second-order valence-corrected chi connectivity index (χ2v) is 4.32. The third-order valence-electron chi connectivity index (χ3n) is 2.88. The molecule has 0 amide bonds. The predicted octanol–water partition coefficient (Wildman–Crippen LogP) is 3.64. The van der Waals surface area contributed by atoms with E-state index in [4.69, 9.17) is 5.26 Å². The molecule has 0 aliphatic heterocycles. The first-order valence-electron chi connectivity index (χ1n) is 6.17. The van der Waals surface area contributed by atoms with Crippen molar-refractivity contribution in [2.45, 2.75) is 13.8 Å². The van der Waals surface area contributed by atoms with Gasteiger partial charge in [0.25, 0.3) is 0 Å². The number of anilines is 1. The minimum absolute atomic E-state index is 0.0803. The molecule has 1 aromatic heterocycles. The Kier molecular flexibility index (Phi) is 3.94. The number of aromatic nitrogens is 1. The molecule has 102 valence electrons. The van der Waals surface area contributed by atoms with Gasteiger partial charge in [-0.25, -0.2) is 13.8 Å². The van der Waals surface area contributed by atoms with Crippen molar-refractivity contribution in [2.75, 3.05) is 11.9 Å². The number of benzene rings is 1. The number of halogens is 2. The van der Waals surface area contributed by atoms with Crippen LogP contribution in [0, 0.1) is 29.9 Å². The number of aryl methyl sites for hydroxylation is 1. The van der Waals surface area contributed by atoms with Crippen molar-refractivity contribution in [3.63, 3.8) is 0 Å². The molecule has 0 fully saturated rings. The molecule has 0 aliphatic rings. The van der Waals surface area contributed by atoms with Crippen LogP contribution >= 0.6 is 0 Å². The van der Waals surface area contributed by atoms with Crippen molar-refractivity contribution in [3.8, 4) is 17.3 Å². The van der Waals surface area contributed by atoms with Gasteiger partial charge in [-0.05, 0) is 43.7 Å². The molecule has 0 aliphatic carbocycles. The number of hydrogen-bond acceptors (Lipinski definition) is 3. The molecule has 0 spiro atoms. The van der Waals surface area contributed by atoms with Crippen molar-refractivity contribution in [2.24, 2.45) is 0 Å². The van der Waals surface area contributed by atoms with Crippen molar-refractivity contribution in [1.29, 1.82) is 5.26 Å². The second-order valence-electron chi connectivity index (χ2n) is 4.32. The Balaban J connectivity index is 2.56. The highest BCUT2D eigenvalue weighted by molar-refractivity contribution is 5.65. The molecular weight excluding hydrogens is 260 g/mol. The van der Waals surface area contributed by atoms with Gasteiger partial charge in [0, 0.05) is 12.1 Å². The number of rotatable bonds is 3. The first kappa shape index (κ1) is 13.9. The van der Waals surface area contributed by atoms with Gasteiger partial charge < -0.3 is 5.32 Å². The summed E-state index contributed by atoms with van der Waals surface area (Å²) >= 11 is 0. The van der Waals surface area contributed by atoms with E-state index in [-0.39, 0.29) is 16.8 Å². The zero-order chi connectivity index (χ0) is 14.7. The fourth-order valence-corrected chi connectivity index (χ4v) is 1.84. The van der Waals surface area contributed by atoms with Crippen LogP contribution in [-0.2, 0) is 0 Å². The van der Waals surface area contributed by atoms with E-state index in [0.717, 1.165) is 12.1 Å². The largest absolute Gasteiger partial charge is 0.369 e. The van der Waals surface area contributed by atoms with Gasteiger partial charge in [0.2, 0.25) is 0 Å². The molecule has 0 atom stereocenters. The molecule has 0 saturated heterocycles. The Bertz CT molecular complexity index is 690. The van der Waals surface area contributed by atoms with Gasteiger partial charge in [-0.3, -0.25) is 0 Å². The van der Waals surface area contributed by atoms with Gasteiger partial charge in [0.1, 0.15) is 23.5 Å². The van der Waals surface area contributed by atoms with Crippen molar-refractivity contribution in [1.82, 2.24) is 4.98 Å². The fraction of sp³-hybridized carbons (Fsp3) is 0.200. The van der Waals surface area contributed by atoms with Crippen molar-refractivity contribution >= 4 is 5.82 Å². The van der Waals surface area contributed by atoms with Crippen LogP contribution in [-0.4, -0.2) is 11.5 Å². The summed E-state index contributed by atoms with van der Waals surface area (Å²) in [5.74, 6) is -0.658. The van der Waals surface area contributed by atoms with Gasteiger partial charge >= 0.3 is 0 Å². The average molecular weight is 273 g/mol. The lowest BCUT2D eigenvalue weighted by molar-refractivity contribution is 0.595. The van der Waals surface area contributed by atoms with Crippen molar-refractivity contribution in [3.05, 3.63) is 47.0 Å². The lowest BCUT2D eigenvalue weighted by Gasteiger charge is -2.09. The molecule has 0 saturated carbocycles. The Morgan fingerprint density at radius 2 is 2.00 bits per heavy atom. The van der Waals surface area contributed by atoms with E-state index in [0.29, 0.717) is 17.9 Å². The third-order valence-corrected chi connectivity index (χ3v) is 2.88. The van der Waals surface area contributed by atoms with Crippen LogP contribution in [0.4, 0.5) is 14.6 Å². The fourth-order valence-electron chi connectivity index (χ4n) is 1.84. The predicted molar refractivity (Wildman–Crippen MR) is 73.2 cm³/mol. The lowest BCUT2D eigenvalue weighted by Crippen LogP contribution is -2.03. The van der Waals surface area contributed by atoms with E-state index in [9.17, 15) is 8.78 Å². The van der Waals surface area contributed by atoms with E-state index in [1.165, 1.54) is 19.1 Å². The van der Waals surface area contributed by atoms with Crippen LogP contribution in [0.15, 0.2) is 24.3 Å². The van der Waals surface area contributed by atoms with Gasteiger partial charge in [-0.2, -0.15) is 5.26 Å². The highest BCUT2D eigenvalue weighted by Gasteiger charge is 2.12. The highest BCUT2D eigenvalue weighted by atomic mass is 19.1. The summed E-state index contributed by atoms with van der Waals surface area (Å²) < 4.78 is 27.5. The summed E-state index contributed by atoms with van der Waals surface area (Å²) in [4.78, 5) is 4.19. The van der Waals surface area contributed by atoms with E-state index in [1.807, 2.05) is 13.0 Å². The van der Waals surface area contributed by atoms with Crippen LogP contribution in [0.2, 0.25) is 0 Å².